The molecule has 0 spiro atoms. The number of carbonyl (C=O) groups is 1. The maximum Gasteiger partial charge on any atom is 0.274 e. The number of imidazole rings is 1. The minimum atomic E-state index is -3.62. The van der Waals surface area contributed by atoms with Crippen LogP contribution in [0.3, 0.4) is 0 Å². The number of amides is 1. The Morgan fingerprint density at radius 2 is 1.68 bits per heavy atom. The van der Waals surface area contributed by atoms with Crippen molar-refractivity contribution in [1.29, 1.82) is 0 Å². The van der Waals surface area contributed by atoms with Gasteiger partial charge in [0.1, 0.15) is 11.3 Å². The molecule has 1 aliphatic rings. The maximum atomic E-state index is 13.1. The average molecular weight is 435 g/mol. The van der Waals surface area contributed by atoms with E-state index in [-0.39, 0.29) is 23.9 Å². The number of hydrogen-bond acceptors (Lipinski definition) is 4. The Bertz CT molecular complexity index is 1400. The molecule has 1 aliphatic heterocycles. The molecule has 3 heterocycles. The second kappa shape index (κ2) is 7.47. The lowest BCUT2D eigenvalue weighted by atomic mass is 10.1. The van der Waals surface area contributed by atoms with Crippen LogP contribution in [0.25, 0.3) is 16.4 Å². The van der Waals surface area contributed by atoms with Crippen molar-refractivity contribution < 1.29 is 13.2 Å². The summed E-state index contributed by atoms with van der Waals surface area (Å²) >= 11 is 0. The molecule has 31 heavy (non-hydrogen) atoms. The molecule has 0 N–H and O–H groups in total. The van der Waals surface area contributed by atoms with E-state index in [1.165, 1.54) is 4.31 Å². The van der Waals surface area contributed by atoms with E-state index < -0.39 is 10.0 Å². The topological polar surface area (TPSA) is 75.0 Å². The number of pyridine rings is 1. The molecule has 8 heteroatoms. The number of aryl methyl sites for hydroxylation is 1. The molecule has 0 atom stereocenters. The van der Waals surface area contributed by atoms with Crippen LogP contribution in [0.5, 0.6) is 0 Å². The highest BCUT2D eigenvalue weighted by molar-refractivity contribution is 7.89. The fraction of sp³-hybridized carbons (Fsp3) is 0.217. The minimum absolute atomic E-state index is 0.177. The molecule has 5 rings (SSSR count). The first-order valence-corrected chi connectivity index (χ1v) is 11.6. The number of benzene rings is 2. The van der Waals surface area contributed by atoms with Crippen molar-refractivity contribution in [2.24, 2.45) is 0 Å². The molecule has 4 aromatic rings. The smallest absolute Gasteiger partial charge is 0.274 e. The number of piperazine rings is 1. The van der Waals surface area contributed by atoms with Gasteiger partial charge in [0.05, 0.1) is 4.90 Å². The van der Waals surface area contributed by atoms with Gasteiger partial charge in [-0.3, -0.25) is 4.79 Å². The first-order valence-electron chi connectivity index (χ1n) is 10.2. The summed E-state index contributed by atoms with van der Waals surface area (Å²) < 4.78 is 29.5. The zero-order valence-electron chi connectivity index (χ0n) is 17.1. The van der Waals surface area contributed by atoms with Crippen LogP contribution in [-0.4, -0.2) is 59.1 Å². The van der Waals surface area contributed by atoms with Gasteiger partial charge in [-0.1, -0.05) is 30.3 Å². The maximum absolute atomic E-state index is 13.1. The molecule has 2 aromatic heterocycles. The van der Waals surface area contributed by atoms with Gasteiger partial charge in [0.15, 0.2) is 0 Å². The third-order valence-electron chi connectivity index (χ3n) is 5.72. The van der Waals surface area contributed by atoms with Gasteiger partial charge >= 0.3 is 0 Å². The SMILES string of the molecule is Cc1ccn2cc(C(=O)N3CCN(S(=O)(=O)c4ccc5ccccc5c4)CC3)nc2c1. The number of aromatic nitrogens is 2. The molecule has 158 valence electrons. The van der Waals surface area contributed by atoms with Crippen LogP contribution in [0.15, 0.2) is 71.9 Å². The van der Waals surface area contributed by atoms with Gasteiger partial charge in [0.25, 0.3) is 5.91 Å². The highest BCUT2D eigenvalue weighted by Gasteiger charge is 2.31. The van der Waals surface area contributed by atoms with Crippen LogP contribution in [0.4, 0.5) is 0 Å². The number of hydrogen-bond donors (Lipinski definition) is 0. The van der Waals surface area contributed by atoms with Crippen LogP contribution in [-0.2, 0) is 10.0 Å². The predicted molar refractivity (Wildman–Crippen MR) is 119 cm³/mol. The minimum Gasteiger partial charge on any atom is -0.335 e. The Morgan fingerprint density at radius 1 is 0.935 bits per heavy atom. The van der Waals surface area contributed by atoms with Crippen molar-refractivity contribution >= 4 is 32.4 Å². The largest absolute Gasteiger partial charge is 0.335 e. The molecular formula is C23H22N4O3S. The van der Waals surface area contributed by atoms with Gasteiger partial charge in [-0.2, -0.15) is 4.31 Å². The Kier molecular flexibility index (Phi) is 4.75. The van der Waals surface area contributed by atoms with Crippen LogP contribution in [0.2, 0.25) is 0 Å². The number of rotatable bonds is 3. The third kappa shape index (κ3) is 3.58. The Hall–Kier alpha value is -3.23. The second-order valence-electron chi connectivity index (χ2n) is 7.80. The molecule has 0 bridgehead atoms. The lowest BCUT2D eigenvalue weighted by Gasteiger charge is -2.33. The normalized spacial score (nSPS) is 15.6. The molecule has 7 nitrogen and oxygen atoms in total. The summed E-state index contributed by atoms with van der Waals surface area (Å²) in [6.45, 7) is 3.16. The fourth-order valence-corrected chi connectivity index (χ4v) is 5.42. The summed E-state index contributed by atoms with van der Waals surface area (Å²) in [5.41, 5.74) is 2.17. The average Bonchev–Trinajstić information content (AvgIpc) is 3.21. The molecule has 0 saturated carbocycles. The van der Waals surface area contributed by atoms with Gasteiger partial charge in [0.2, 0.25) is 10.0 Å². The van der Waals surface area contributed by atoms with Crippen molar-refractivity contribution in [3.63, 3.8) is 0 Å². The zero-order valence-corrected chi connectivity index (χ0v) is 17.9. The van der Waals surface area contributed by atoms with Crippen molar-refractivity contribution in [3.8, 4) is 0 Å². The zero-order chi connectivity index (χ0) is 21.6. The van der Waals surface area contributed by atoms with Gasteiger partial charge in [-0.25, -0.2) is 13.4 Å². The first kappa shape index (κ1) is 19.7. The van der Waals surface area contributed by atoms with Crippen molar-refractivity contribution in [3.05, 3.63) is 78.2 Å². The highest BCUT2D eigenvalue weighted by atomic mass is 32.2. The van der Waals surface area contributed by atoms with Gasteiger partial charge in [-0.05, 0) is 47.5 Å². The Balaban J connectivity index is 1.32. The van der Waals surface area contributed by atoms with E-state index in [0.717, 1.165) is 22.0 Å². The monoisotopic (exact) mass is 434 g/mol. The number of sulfonamides is 1. The Morgan fingerprint density at radius 3 is 2.45 bits per heavy atom. The first-order chi connectivity index (χ1) is 14.9. The lowest BCUT2D eigenvalue weighted by Crippen LogP contribution is -2.50. The lowest BCUT2D eigenvalue weighted by molar-refractivity contribution is 0.0692. The van der Waals surface area contributed by atoms with Crippen LogP contribution < -0.4 is 0 Å². The van der Waals surface area contributed by atoms with Crippen LogP contribution in [0, 0.1) is 6.92 Å². The fourth-order valence-electron chi connectivity index (χ4n) is 3.96. The summed E-state index contributed by atoms with van der Waals surface area (Å²) in [5.74, 6) is -0.177. The van der Waals surface area contributed by atoms with Gasteiger partial charge in [0, 0.05) is 38.6 Å². The van der Waals surface area contributed by atoms with E-state index in [4.69, 9.17) is 0 Å². The molecule has 0 aliphatic carbocycles. The van der Waals surface area contributed by atoms with Crippen LogP contribution >= 0.6 is 0 Å². The van der Waals surface area contributed by atoms with Gasteiger partial charge < -0.3 is 9.30 Å². The van der Waals surface area contributed by atoms with Crippen LogP contribution in [0.1, 0.15) is 16.1 Å². The van der Waals surface area contributed by atoms with E-state index in [1.807, 2.05) is 60.0 Å². The molecule has 1 amide bonds. The third-order valence-corrected chi connectivity index (χ3v) is 7.61. The highest BCUT2D eigenvalue weighted by Crippen LogP contribution is 2.23. The van der Waals surface area contributed by atoms with Crippen molar-refractivity contribution in [2.75, 3.05) is 26.2 Å². The summed E-state index contributed by atoms with van der Waals surface area (Å²) in [7, 11) is -3.62. The predicted octanol–water partition coefficient (Wildman–Crippen LogP) is 2.94. The number of fused-ring (bicyclic) bond motifs is 2. The van der Waals surface area contributed by atoms with E-state index in [9.17, 15) is 13.2 Å². The standard InChI is InChI=1S/C23H22N4O3S/c1-17-8-9-26-16-21(24-22(26)14-17)23(28)25-10-12-27(13-11-25)31(29,30)20-7-6-18-4-2-3-5-19(18)15-20/h2-9,14-16H,10-13H2,1H3. The molecule has 0 radical (unpaired) electrons. The summed E-state index contributed by atoms with van der Waals surface area (Å²) in [4.78, 5) is 19.3. The summed E-state index contributed by atoms with van der Waals surface area (Å²) in [6.07, 6.45) is 3.60. The number of nitrogens with zero attached hydrogens (tertiary/aromatic N) is 4. The Labute approximate surface area is 180 Å². The summed E-state index contributed by atoms with van der Waals surface area (Å²) in [5, 5.41) is 1.89. The molecular weight excluding hydrogens is 412 g/mol. The number of carbonyl (C=O) groups excluding carboxylic acids is 1. The van der Waals surface area contributed by atoms with E-state index in [0.29, 0.717) is 18.8 Å². The second-order valence-corrected chi connectivity index (χ2v) is 9.74. The quantitative estimate of drug-likeness (QED) is 0.497. The summed E-state index contributed by atoms with van der Waals surface area (Å²) in [6, 6.07) is 16.7. The van der Waals surface area contributed by atoms with Gasteiger partial charge in [-0.15, -0.1) is 0 Å². The van der Waals surface area contributed by atoms with E-state index in [2.05, 4.69) is 4.98 Å². The van der Waals surface area contributed by atoms with E-state index in [1.54, 1.807) is 23.2 Å². The molecule has 1 saturated heterocycles. The van der Waals surface area contributed by atoms with Crippen molar-refractivity contribution in [2.45, 2.75) is 11.8 Å². The van der Waals surface area contributed by atoms with E-state index >= 15 is 0 Å². The molecule has 0 unspecified atom stereocenters. The molecule has 2 aromatic carbocycles. The van der Waals surface area contributed by atoms with Crippen molar-refractivity contribution in [1.82, 2.24) is 18.6 Å². The molecule has 1 fully saturated rings.